The maximum atomic E-state index is 5.95. The van der Waals surface area contributed by atoms with Crippen LogP contribution in [0.1, 0.15) is 37.7 Å². The molecule has 1 atom stereocenters. The van der Waals surface area contributed by atoms with Crippen LogP contribution >= 0.6 is 0 Å². The summed E-state index contributed by atoms with van der Waals surface area (Å²) < 4.78 is 23.1. The monoisotopic (exact) mass is 426 g/mol. The first-order valence-electron chi connectivity index (χ1n) is 11.4. The van der Waals surface area contributed by atoms with Crippen LogP contribution in [-0.4, -0.2) is 51.1 Å². The van der Waals surface area contributed by atoms with E-state index in [1.54, 1.807) is 7.11 Å². The summed E-state index contributed by atoms with van der Waals surface area (Å²) in [6.45, 7) is 5.59. The average Bonchev–Trinajstić information content (AvgIpc) is 3.33. The van der Waals surface area contributed by atoms with Crippen LogP contribution in [0.25, 0.3) is 0 Å². The molecule has 2 saturated heterocycles. The molecule has 2 heterocycles. The van der Waals surface area contributed by atoms with Crippen LogP contribution in [0.3, 0.4) is 0 Å². The van der Waals surface area contributed by atoms with Crippen LogP contribution in [0.4, 0.5) is 5.69 Å². The minimum absolute atomic E-state index is 0.154. The molecule has 1 N–H and O–H groups in total. The van der Waals surface area contributed by atoms with Crippen molar-refractivity contribution in [2.24, 2.45) is 0 Å². The van der Waals surface area contributed by atoms with Crippen molar-refractivity contribution in [2.75, 3.05) is 45.3 Å². The van der Waals surface area contributed by atoms with Crippen molar-refractivity contribution >= 4 is 5.69 Å². The van der Waals surface area contributed by atoms with Gasteiger partial charge in [0.1, 0.15) is 23.9 Å². The van der Waals surface area contributed by atoms with Gasteiger partial charge in [0.15, 0.2) is 6.29 Å². The molecule has 168 valence electrons. The standard InChI is InChI=1S/C25H34N2O4/c1-28-24-18-23(31-25-6-2-5-16-30-25)10-7-20(24)19-26-21-8-11-22(12-9-21)29-17-15-27-13-3-4-14-27/h7-12,18,25-26H,2-6,13-17,19H2,1H3. The number of methoxy groups -OCH3 is 1. The highest BCUT2D eigenvalue weighted by Gasteiger charge is 2.16. The van der Waals surface area contributed by atoms with Gasteiger partial charge in [0, 0.05) is 36.8 Å². The minimum Gasteiger partial charge on any atom is -0.496 e. The van der Waals surface area contributed by atoms with Crippen molar-refractivity contribution < 1.29 is 18.9 Å². The maximum Gasteiger partial charge on any atom is 0.199 e. The van der Waals surface area contributed by atoms with E-state index in [1.807, 2.05) is 30.3 Å². The molecule has 0 saturated carbocycles. The number of ether oxygens (including phenoxy) is 4. The lowest BCUT2D eigenvalue weighted by molar-refractivity contribution is -0.105. The number of nitrogens with one attached hydrogen (secondary N) is 1. The summed E-state index contributed by atoms with van der Waals surface area (Å²) in [5.41, 5.74) is 2.12. The van der Waals surface area contributed by atoms with E-state index in [1.165, 1.54) is 25.9 Å². The van der Waals surface area contributed by atoms with E-state index in [-0.39, 0.29) is 6.29 Å². The van der Waals surface area contributed by atoms with Crippen LogP contribution in [0.5, 0.6) is 17.2 Å². The molecule has 6 heteroatoms. The smallest absolute Gasteiger partial charge is 0.199 e. The van der Waals surface area contributed by atoms with Gasteiger partial charge in [-0.2, -0.15) is 0 Å². The first-order valence-corrected chi connectivity index (χ1v) is 11.4. The number of likely N-dealkylation sites (tertiary alicyclic amines) is 1. The topological polar surface area (TPSA) is 52.2 Å². The average molecular weight is 427 g/mol. The highest BCUT2D eigenvalue weighted by atomic mass is 16.7. The SMILES string of the molecule is COc1cc(OC2CCCCO2)ccc1CNc1ccc(OCCN2CCCC2)cc1. The Labute approximate surface area is 185 Å². The van der Waals surface area contributed by atoms with Gasteiger partial charge in [0.25, 0.3) is 0 Å². The zero-order valence-corrected chi connectivity index (χ0v) is 18.5. The molecule has 0 spiro atoms. The van der Waals surface area contributed by atoms with E-state index < -0.39 is 0 Å². The molecule has 31 heavy (non-hydrogen) atoms. The Balaban J connectivity index is 1.25. The lowest BCUT2D eigenvalue weighted by Gasteiger charge is -2.24. The van der Waals surface area contributed by atoms with Gasteiger partial charge < -0.3 is 24.3 Å². The van der Waals surface area contributed by atoms with Gasteiger partial charge in [0.2, 0.25) is 0 Å². The third kappa shape index (κ3) is 6.52. The molecule has 0 aromatic heterocycles. The van der Waals surface area contributed by atoms with E-state index in [0.717, 1.165) is 67.5 Å². The van der Waals surface area contributed by atoms with Crippen molar-refractivity contribution in [3.8, 4) is 17.2 Å². The van der Waals surface area contributed by atoms with Crippen molar-refractivity contribution in [2.45, 2.75) is 44.9 Å². The molecular weight excluding hydrogens is 392 g/mol. The Morgan fingerprint density at radius 1 is 1.00 bits per heavy atom. The summed E-state index contributed by atoms with van der Waals surface area (Å²) in [5, 5.41) is 3.46. The summed E-state index contributed by atoms with van der Waals surface area (Å²) >= 11 is 0. The van der Waals surface area contributed by atoms with Crippen LogP contribution in [0.2, 0.25) is 0 Å². The normalized spacial score (nSPS) is 19.2. The van der Waals surface area contributed by atoms with E-state index in [4.69, 9.17) is 18.9 Å². The molecule has 0 bridgehead atoms. The second-order valence-corrected chi connectivity index (χ2v) is 8.16. The van der Waals surface area contributed by atoms with Crippen molar-refractivity contribution in [1.29, 1.82) is 0 Å². The second kappa shape index (κ2) is 11.3. The summed E-state index contributed by atoms with van der Waals surface area (Å²) in [4.78, 5) is 2.46. The van der Waals surface area contributed by atoms with Gasteiger partial charge in [-0.15, -0.1) is 0 Å². The highest BCUT2D eigenvalue weighted by Crippen LogP contribution is 2.28. The zero-order chi connectivity index (χ0) is 21.3. The van der Waals surface area contributed by atoms with E-state index in [2.05, 4.69) is 22.3 Å². The van der Waals surface area contributed by atoms with Gasteiger partial charge in [-0.1, -0.05) is 0 Å². The fourth-order valence-electron chi connectivity index (χ4n) is 4.07. The Kier molecular flexibility index (Phi) is 7.91. The van der Waals surface area contributed by atoms with Crippen LogP contribution < -0.4 is 19.5 Å². The van der Waals surface area contributed by atoms with E-state index in [0.29, 0.717) is 6.54 Å². The Morgan fingerprint density at radius 2 is 1.81 bits per heavy atom. The minimum atomic E-state index is -0.154. The molecular formula is C25H34N2O4. The van der Waals surface area contributed by atoms with E-state index in [9.17, 15) is 0 Å². The maximum absolute atomic E-state index is 5.95. The molecule has 6 nitrogen and oxygen atoms in total. The van der Waals surface area contributed by atoms with Crippen molar-refractivity contribution in [3.05, 3.63) is 48.0 Å². The molecule has 2 aromatic carbocycles. The number of rotatable bonds is 10. The third-order valence-electron chi connectivity index (χ3n) is 5.88. The van der Waals surface area contributed by atoms with Crippen LogP contribution in [-0.2, 0) is 11.3 Å². The summed E-state index contributed by atoms with van der Waals surface area (Å²) in [6.07, 6.45) is 5.67. The molecule has 2 fully saturated rings. The van der Waals surface area contributed by atoms with E-state index >= 15 is 0 Å². The summed E-state index contributed by atoms with van der Waals surface area (Å²) in [5.74, 6) is 2.50. The first-order chi connectivity index (χ1) is 15.3. The molecule has 0 amide bonds. The second-order valence-electron chi connectivity index (χ2n) is 8.16. The predicted molar refractivity (Wildman–Crippen MR) is 122 cm³/mol. The molecule has 2 aliphatic heterocycles. The van der Waals surface area contributed by atoms with Crippen LogP contribution in [0, 0.1) is 0 Å². The Hall–Kier alpha value is -2.44. The van der Waals surface area contributed by atoms with Gasteiger partial charge in [0.05, 0.1) is 13.7 Å². The molecule has 2 aromatic rings. The lowest BCUT2D eigenvalue weighted by Crippen LogP contribution is -2.25. The number of hydrogen-bond acceptors (Lipinski definition) is 6. The molecule has 1 unspecified atom stereocenters. The quantitative estimate of drug-likeness (QED) is 0.595. The van der Waals surface area contributed by atoms with Crippen molar-refractivity contribution in [3.63, 3.8) is 0 Å². The third-order valence-corrected chi connectivity index (χ3v) is 5.88. The van der Waals surface area contributed by atoms with Gasteiger partial charge in [-0.25, -0.2) is 0 Å². The molecule has 4 rings (SSSR count). The Bertz CT molecular complexity index is 800. The van der Waals surface area contributed by atoms with Gasteiger partial charge in [-0.3, -0.25) is 4.90 Å². The fraction of sp³-hybridized carbons (Fsp3) is 0.520. The summed E-state index contributed by atoms with van der Waals surface area (Å²) in [6, 6.07) is 14.1. The molecule has 2 aliphatic rings. The number of anilines is 1. The number of hydrogen-bond donors (Lipinski definition) is 1. The lowest BCUT2D eigenvalue weighted by atomic mass is 10.1. The molecule has 0 aliphatic carbocycles. The fourth-order valence-corrected chi connectivity index (χ4v) is 4.07. The zero-order valence-electron chi connectivity index (χ0n) is 18.5. The van der Waals surface area contributed by atoms with Crippen molar-refractivity contribution in [1.82, 2.24) is 4.90 Å². The van der Waals surface area contributed by atoms with Gasteiger partial charge in [-0.05, 0) is 75.2 Å². The van der Waals surface area contributed by atoms with Gasteiger partial charge >= 0.3 is 0 Å². The first kappa shape index (κ1) is 21.8. The summed E-state index contributed by atoms with van der Waals surface area (Å²) in [7, 11) is 1.69. The van der Waals surface area contributed by atoms with Crippen LogP contribution in [0.15, 0.2) is 42.5 Å². The predicted octanol–water partition coefficient (Wildman–Crippen LogP) is 4.69. The number of benzene rings is 2. The highest BCUT2D eigenvalue weighted by molar-refractivity contribution is 5.49. The Morgan fingerprint density at radius 3 is 2.55 bits per heavy atom. The largest absolute Gasteiger partial charge is 0.496 e. The number of nitrogens with zero attached hydrogens (tertiary/aromatic N) is 1. The molecule has 0 radical (unpaired) electrons.